The Morgan fingerprint density at radius 1 is 1.00 bits per heavy atom. The van der Waals surface area contributed by atoms with Crippen molar-refractivity contribution in [1.29, 1.82) is 0 Å². The lowest BCUT2D eigenvalue weighted by molar-refractivity contribution is 0.720. The van der Waals surface area contributed by atoms with Gasteiger partial charge in [-0.2, -0.15) is 0 Å². The van der Waals surface area contributed by atoms with Crippen molar-refractivity contribution < 1.29 is 0 Å². The molecular formula is C12H24. The molecule has 0 amide bonds. The van der Waals surface area contributed by atoms with Crippen LogP contribution in [0.4, 0.5) is 0 Å². The van der Waals surface area contributed by atoms with Gasteiger partial charge in [-0.25, -0.2) is 0 Å². The van der Waals surface area contributed by atoms with Crippen molar-refractivity contribution in [2.45, 2.75) is 65.7 Å². The minimum Gasteiger partial charge on any atom is -0.0856 e. The molecule has 0 radical (unpaired) electrons. The van der Waals surface area contributed by atoms with E-state index in [0.29, 0.717) is 0 Å². The Hall–Kier alpha value is -0.260. The van der Waals surface area contributed by atoms with Crippen molar-refractivity contribution in [2.75, 3.05) is 0 Å². The molecule has 72 valence electrons. The van der Waals surface area contributed by atoms with Gasteiger partial charge >= 0.3 is 0 Å². The number of hydrogen-bond donors (Lipinski definition) is 0. The van der Waals surface area contributed by atoms with E-state index in [0.717, 1.165) is 0 Å². The average Bonchev–Trinajstić information content (AvgIpc) is 2.09. The Bertz CT molecular complexity index is 111. The molecule has 12 heavy (non-hydrogen) atoms. The molecule has 0 unspecified atom stereocenters. The molecule has 0 N–H and O–H groups in total. The van der Waals surface area contributed by atoms with Gasteiger partial charge in [0.1, 0.15) is 0 Å². The summed E-state index contributed by atoms with van der Waals surface area (Å²) < 4.78 is 0. The van der Waals surface area contributed by atoms with Gasteiger partial charge in [0.15, 0.2) is 0 Å². The van der Waals surface area contributed by atoms with E-state index in [9.17, 15) is 0 Å². The molecular weight excluding hydrogens is 144 g/mol. The monoisotopic (exact) mass is 168 g/mol. The highest BCUT2D eigenvalue weighted by molar-refractivity contribution is 4.97. The number of hydrogen-bond acceptors (Lipinski definition) is 0. The third kappa shape index (κ3) is 7.84. The molecule has 0 fully saturated rings. The molecule has 0 aliphatic heterocycles. The van der Waals surface area contributed by atoms with E-state index in [1.165, 1.54) is 44.9 Å². The fourth-order valence-corrected chi connectivity index (χ4v) is 1.30. The molecule has 0 heterocycles. The molecule has 0 saturated heterocycles. The van der Waals surface area contributed by atoms with Crippen molar-refractivity contribution in [3.8, 4) is 0 Å². The van der Waals surface area contributed by atoms with Crippen molar-refractivity contribution in [3.63, 3.8) is 0 Å². The summed E-state index contributed by atoms with van der Waals surface area (Å²) in [6.45, 7) is 6.78. The highest BCUT2D eigenvalue weighted by atomic mass is 14.0. The van der Waals surface area contributed by atoms with Crippen LogP contribution in [0.5, 0.6) is 0 Å². The lowest BCUT2D eigenvalue weighted by atomic mass is 10.1. The molecule has 0 saturated carbocycles. The van der Waals surface area contributed by atoms with Crippen LogP contribution in [0.15, 0.2) is 11.6 Å². The topological polar surface area (TPSA) is 0 Å². The van der Waals surface area contributed by atoms with Crippen LogP contribution in [0.3, 0.4) is 0 Å². The van der Waals surface area contributed by atoms with Crippen LogP contribution in [0.2, 0.25) is 0 Å². The average molecular weight is 168 g/mol. The Morgan fingerprint density at radius 3 is 2.25 bits per heavy atom. The molecule has 0 aliphatic carbocycles. The maximum atomic E-state index is 2.42. The maximum Gasteiger partial charge on any atom is -0.0323 e. The van der Waals surface area contributed by atoms with E-state index in [1.807, 2.05) is 0 Å². The van der Waals surface area contributed by atoms with Gasteiger partial charge in [0, 0.05) is 0 Å². The molecule has 0 nitrogen and oxygen atoms in total. The van der Waals surface area contributed by atoms with Crippen molar-refractivity contribution in [3.05, 3.63) is 11.6 Å². The predicted molar refractivity (Wildman–Crippen MR) is 57.4 cm³/mol. The van der Waals surface area contributed by atoms with E-state index in [1.54, 1.807) is 5.57 Å². The third-order valence-corrected chi connectivity index (χ3v) is 2.23. The first kappa shape index (κ1) is 11.7. The van der Waals surface area contributed by atoms with Crippen LogP contribution in [0.1, 0.15) is 65.7 Å². The van der Waals surface area contributed by atoms with E-state index in [-0.39, 0.29) is 0 Å². The lowest BCUT2D eigenvalue weighted by Crippen LogP contribution is -1.78. The number of unbranched alkanes of at least 4 members (excludes halogenated alkanes) is 4. The fourth-order valence-electron chi connectivity index (χ4n) is 1.30. The van der Waals surface area contributed by atoms with Crippen LogP contribution >= 0.6 is 0 Å². The molecule has 0 heteroatoms. The Kier molecular flexibility index (Phi) is 8.64. The van der Waals surface area contributed by atoms with Crippen LogP contribution in [0.25, 0.3) is 0 Å². The van der Waals surface area contributed by atoms with Gasteiger partial charge < -0.3 is 0 Å². The van der Waals surface area contributed by atoms with Gasteiger partial charge in [-0.1, -0.05) is 44.8 Å². The summed E-state index contributed by atoms with van der Waals surface area (Å²) in [5, 5.41) is 0. The first-order valence-corrected chi connectivity index (χ1v) is 5.46. The summed E-state index contributed by atoms with van der Waals surface area (Å²) in [7, 11) is 0. The Balaban J connectivity index is 3.28. The zero-order valence-corrected chi connectivity index (χ0v) is 9.03. The summed E-state index contributed by atoms with van der Waals surface area (Å²) >= 11 is 0. The van der Waals surface area contributed by atoms with Gasteiger partial charge in [0.2, 0.25) is 0 Å². The summed E-state index contributed by atoms with van der Waals surface area (Å²) in [6, 6.07) is 0. The van der Waals surface area contributed by atoms with Crippen LogP contribution in [0, 0.1) is 0 Å². The molecule has 0 atom stereocenters. The standard InChI is InChI=1S/C12H24/c1-4-6-8-9-11-12(3)10-7-5-2/h11H,4-10H2,1-3H3. The van der Waals surface area contributed by atoms with Gasteiger partial charge in [0.05, 0.1) is 0 Å². The smallest absolute Gasteiger partial charge is 0.0323 e. The molecule has 0 aromatic rings. The summed E-state index contributed by atoms with van der Waals surface area (Å²) in [4.78, 5) is 0. The quantitative estimate of drug-likeness (QED) is 0.382. The van der Waals surface area contributed by atoms with Gasteiger partial charge in [-0.3, -0.25) is 0 Å². The van der Waals surface area contributed by atoms with Crippen molar-refractivity contribution in [1.82, 2.24) is 0 Å². The first-order valence-electron chi connectivity index (χ1n) is 5.46. The fraction of sp³-hybridized carbons (Fsp3) is 0.833. The predicted octanol–water partition coefficient (Wildman–Crippen LogP) is 4.70. The highest BCUT2D eigenvalue weighted by Gasteiger charge is 1.88. The first-order chi connectivity index (χ1) is 5.81. The maximum absolute atomic E-state index is 2.42. The lowest BCUT2D eigenvalue weighted by Gasteiger charge is -1.99. The zero-order valence-electron chi connectivity index (χ0n) is 9.03. The second-order valence-electron chi connectivity index (χ2n) is 3.65. The Labute approximate surface area is 78.1 Å². The SMILES string of the molecule is CCCCCC=C(C)CCCC. The second kappa shape index (κ2) is 8.83. The van der Waals surface area contributed by atoms with Crippen LogP contribution in [-0.4, -0.2) is 0 Å². The highest BCUT2D eigenvalue weighted by Crippen LogP contribution is 2.09. The van der Waals surface area contributed by atoms with Crippen molar-refractivity contribution in [2.24, 2.45) is 0 Å². The Morgan fingerprint density at radius 2 is 1.67 bits per heavy atom. The summed E-state index contributed by atoms with van der Waals surface area (Å²) in [5.41, 5.74) is 1.59. The molecule has 0 rings (SSSR count). The molecule has 0 aromatic carbocycles. The third-order valence-electron chi connectivity index (χ3n) is 2.23. The molecule has 0 aliphatic rings. The molecule has 0 aromatic heterocycles. The van der Waals surface area contributed by atoms with Crippen LogP contribution in [-0.2, 0) is 0 Å². The number of allylic oxidation sites excluding steroid dienone is 2. The summed E-state index contributed by atoms with van der Waals surface area (Å²) in [6.07, 6.45) is 11.8. The molecule has 0 bridgehead atoms. The minimum atomic E-state index is 1.30. The van der Waals surface area contributed by atoms with E-state index in [2.05, 4.69) is 26.8 Å². The summed E-state index contributed by atoms with van der Waals surface area (Å²) in [5.74, 6) is 0. The largest absolute Gasteiger partial charge is 0.0856 e. The second-order valence-corrected chi connectivity index (χ2v) is 3.65. The van der Waals surface area contributed by atoms with Crippen molar-refractivity contribution >= 4 is 0 Å². The van der Waals surface area contributed by atoms with Gasteiger partial charge in [-0.05, 0) is 32.6 Å². The molecule has 0 spiro atoms. The minimum absolute atomic E-state index is 1.30. The van der Waals surface area contributed by atoms with E-state index in [4.69, 9.17) is 0 Å². The van der Waals surface area contributed by atoms with Crippen LogP contribution < -0.4 is 0 Å². The van der Waals surface area contributed by atoms with Gasteiger partial charge in [0.25, 0.3) is 0 Å². The number of rotatable bonds is 7. The zero-order chi connectivity index (χ0) is 9.23. The van der Waals surface area contributed by atoms with Gasteiger partial charge in [-0.15, -0.1) is 0 Å². The normalized spacial score (nSPS) is 12.1. The van der Waals surface area contributed by atoms with E-state index < -0.39 is 0 Å². The van der Waals surface area contributed by atoms with E-state index >= 15 is 0 Å².